The molecule has 0 saturated heterocycles. The van der Waals surface area contributed by atoms with Crippen molar-refractivity contribution in [2.24, 2.45) is 0 Å². The highest BCUT2D eigenvalue weighted by molar-refractivity contribution is 7.07. The van der Waals surface area contributed by atoms with E-state index in [0.717, 1.165) is 0 Å². The second-order valence-electron chi connectivity index (χ2n) is 1.27. The molecule has 0 atom stereocenters. The van der Waals surface area contributed by atoms with Crippen molar-refractivity contribution in [2.75, 3.05) is 0 Å². The Morgan fingerprint density at radius 3 is 2.00 bits per heavy atom. The number of rotatable bonds is 0. The van der Waals surface area contributed by atoms with Gasteiger partial charge in [-0.2, -0.15) is 8.75 Å². The highest BCUT2D eigenvalue weighted by Gasteiger charge is 1.61. The predicted octanol–water partition coefficient (Wildman–Crippen LogP) is 1.68. The molecular weight excluding hydrogens is 166 g/mol. The summed E-state index contributed by atoms with van der Waals surface area (Å²) in [6.07, 6.45) is 5.08. The van der Waals surface area contributed by atoms with Crippen molar-refractivity contribution < 1.29 is 0 Å². The largest absolute Gasteiger partial charge is 0.253 e. The van der Waals surface area contributed by atoms with E-state index in [0.29, 0.717) is 0 Å². The predicted molar refractivity (Wildman–Crippen MR) is 42.0 cm³/mol. The van der Waals surface area contributed by atoms with Crippen LogP contribution in [-0.4, -0.2) is 13.7 Å². The number of nitrogens with zero attached hydrogens (tertiary/aromatic N) is 3. The third-order valence-corrected chi connectivity index (χ3v) is 1.58. The molecule has 2 rings (SSSR count). The number of thiazole rings is 1. The van der Waals surface area contributed by atoms with Gasteiger partial charge >= 0.3 is 0 Å². The molecule has 3 nitrogen and oxygen atoms in total. The molecule has 0 spiro atoms. The standard InChI is InChI=1S/C3H3NS.C2H2N2S/c1-2-5-3-4-1;1-2-4-5-3-1/h1-3H;1-2H. The summed E-state index contributed by atoms with van der Waals surface area (Å²) in [4.78, 5) is 3.74. The fourth-order valence-electron chi connectivity index (χ4n) is 0.312. The Hall–Kier alpha value is -0.810. The van der Waals surface area contributed by atoms with Crippen LogP contribution in [-0.2, 0) is 0 Å². The summed E-state index contributed by atoms with van der Waals surface area (Å²) in [7, 11) is 0. The van der Waals surface area contributed by atoms with E-state index in [4.69, 9.17) is 0 Å². The molecule has 2 aromatic heterocycles. The lowest BCUT2D eigenvalue weighted by Crippen LogP contribution is -1.38. The monoisotopic (exact) mass is 171 g/mol. The maximum atomic E-state index is 3.74. The van der Waals surface area contributed by atoms with Crippen molar-refractivity contribution in [1.82, 2.24) is 13.7 Å². The van der Waals surface area contributed by atoms with Gasteiger partial charge in [0.2, 0.25) is 0 Å². The molecule has 0 fully saturated rings. The van der Waals surface area contributed by atoms with Crippen LogP contribution in [0.25, 0.3) is 0 Å². The summed E-state index contributed by atoms with van der Waals surface area (Å²) in [6.45, 7) is 0. The van der Waals surface area contributed by atoms with Crippen LogP contribution in [0.4, 0.5) is 0 Å². The number of aromatic nitrogens is 3. The van der Waals surface area contributed by atoms with Crippen molar-refractivity contribution in [1.29, 1.82) is 0 Å². The van der Waals surface area contributed by atoms with Gasteiger partial charge in [0.05, 0.1) is 29.6 Å². The van der Waals surface area contributed by atoms with Crippen molar-refractivity contribution in [3.63, 3.8) is 0 Å². The van der Waals surface area contributed by atoms with Crippen LogP contribution in [0.3, 0.4) is 0 Å². The summed E-state index contributed by atoms with van der Waals surface area (Å²) in [5, 5.41) is 1.93. The molecule has 0 aliphatic carbocycles. The summed E-state index contributed by atoms with van der Waals surface area (Å²) >= 11 is 2.81. The lowest BCUT2D eigenvalue weighted by atomic mass is 11.0. The van der Waals surface area contributed by atoms with Crippen LogP contribution in [0.2, 0.25) is 0 Å². The average Bonchev–Trinajstić information content (AvgIpc) is 2.67. The lowest BCUT2D eigenvalue weighted by molar-refractivity contribution is 1.43. The quantitative estimate of drug-likeness (QED) is 0.605. The van der Waals surface area contributed by atoms with Crippen LogP contribution in [0, 0.1) is 0 Å². The highest BCUT2D eigenvalue weighted by Crippen LogP contribution is 1.85. The van der Waals surface area contributed by atoms with Gasteiger partial charge in [-0.3, -0.25) is 4.98 Å². The molecule has 0 unspecified atom stereocenters. The van der Waals surface area contributed by atoms with Gasteiger partial charge < -0.3 is 0 Å². The van der Waals surface area contributed by atoms with E-state index < -0.39 is 0 Å². The first-order valence-electron chi connectivity index (χ1n) is 2.54. The molecule has 0 aliphatic heterocycles. The maximum Gasteiger partial charge on any atom is 0.0791 e. The Morgan fingerprint density at radius 2 is 1.80 bits per heavy atom. The van der Waals surface area contributed by atoms with Gasteiger partial charge in [-0.25, -0.2) is 0 Å². The summed E-state index contributed by atoms with van der Waals surface area (Å²) in [6, 6.07) is 0. The average molecular weight is 171 g/mol. The minimum absolute atomic E-state index is 1.21. The first kappa shape index (κ1) is 7.30. The Labute approximate surface area is 66.7 Å². The molecular formula is C5H5N3S2. The van der Waals surface area contributed by atoms with Gasteiger partial charge in [0.25, 0.3) is 0 Å². The molecule has 0 aliphatic rings. The fraction of sp³-hybridized carbons (Fsp3) is 0. The van der Waals surface area contributed by atoms with Crippen LogP contribution < -0.4 is 0 Å². The van der Waals surface area contributed by atoms with Crippen molar-refractivity contribution in [3.8, 4) is 0 Å². The van der Waals surface area contributed by atoms with Gasteiger partial charge in [-0.1, -0.05) is 0 Å². The van der Waals surface area contributed by atoms with Crippen LogP contribution in [0.1, 0.15) is 0 Å². The van der Waals surface area contributed by atoms with Gasteiger partial charge in [-0.05, 0) is 0 Å². The molecule has 0 radical (unpaired) electrons. The Bertz CT molecular complexity index is 154. The summed E-state index contributed by atoms with van der Waals surface area (Å²) < 4.78 is 7.31. The molecule has 0 saturated carbocycles. The Kier molecular flexibility index (Phi) is 3.66. The van der Waals surface area contributed by atoms with Crippen LogP contribution in [0.5, 0.6) is 0 Å². The van der Waals surface area contributed by atoms with Crippen molar-refractivity contribution in [3.05, 3.63) is 29.5 Å². The zero-order chi connectivity index (χ0) is 7.07. The second kappa shape index (κ2) is 5.01. The van der Waals surface area contributed by atoms with E-state index >= 15 is 0 Å². The molecule has 0 aromatic carbocycles. The SMILES string of the molecule is c1cnsn1.c1cscn1. The first-order valence-corrected chi connectivity index (χ1v) is 4.21. The third kappa shape index (κ3) is 3.26. The molecule has 52 valence electrons. The zero-order valence-electron chi connectivity index (χ0n) is 5.04. The van der Waals surface area contributed by atoms with Gasteiger partial charge in [0.1, 0.15) is 0 Å². The van der Waals surface area contributed by atoms with E-state index in [1.807, 2.05) is 5.38 Å². The van der Waals surface area contributed by atoms with E-state index in [9.17, 15) is 0 Å². The minimum atomic E-state index is 1.21. The molecule has 0 bridgehead atoms. The summed E-state index contributed by atoms with van der Waals surface area (Å²) in [5.41, 5.74) is 1.79. The number of hydrogen-bond donors (Lipinski definition) is 0. The van der Waals surface area contributed by atoms with Crippen molar-refractivity contribution in [2.45, 2.75) is 0 Å². The van der Waals surface area contributed by atoms with E-state index in [-0.39, 0.29) is 0 Å². The normalized spacial score (nSPS) is 8.00. The molecule has 2 heterocycles. The zero-order valence-corrected chi connectivity index (χ0v) is 6.68. The highest BCUT2D eigenvalue weighted by atomic mass is 32.1. The van der Waals surface area contributed by atoms with Crippen molar-refractivity contribution >= 4 is 23.1 Å². The molecule has 0 amide bonds. The Balaban J connectivity index is 0.0000001000. The first-order chi connectivity index (χ1) is 5.00. The van der Waals surface area contributed by atoms with E-state index in [1.165, 1.54) is 11.7 Å². The van der Waals surface area contributed by atoms with Gasteiger partial charge in [-0.15, -0.1) is 11.3 Å². The fourth-order valence-corrected chi connectivity index (χ4v) is 0.935. The topological polar surface area (TPSA) is 38.7 Å². The van der Waals surface area contributed by atoms with Crippen LogP contribution in [0.15, 0.2) is 29.5 Å². The smallest absolute Gasteiger partial charge is 0.0791 e. The molecule has 0 N–H and O–H groups in total. The van der Waals surface area contributed by atoms with E-state index in [1.54, 1.807) is 35.4 Å². The third-order valence-electron chi connectivity index (χ3n) is 0.630. The molecule has 5 heteroatoms. The Morgan fingerprint density at radius 1 is 1.00 bits per heavy atom. The maximum absolute atomic E-state index is 3.74. The van der Waals surface area contributed by atoms with Gasteiger partial charge in [0.15, 0.2) is 0 Å². The van der Waals surface area contributed by atoms with E-state index in [2.05, 4.69) is 13.7 Å². The van der Waals surface area contributed by atoms with Gasteiger partial charge in [0, 0.05) is 11.6 Å². The molecule has 10 heavy (non-hydrogen) atoms. The summed E-state index contributed by atoms with van der Waals surface area (Å²) in [5.74, 6) is 0. The number of hydrogen-bond acceptors (Lipinski definition) is 5. The molecule has 2 aromatic rings. The second-order valence-corrected chi connectivity index (χ2v) is 2.61. The minimum Gasteiger partial charge on any atom is -0.253 e. The van der Waals surface area contributed by atoms with Crippen LogP contribution >= 0.6 is 23.1 Å². The lowest BCUT2D eigenvalue weighted by Gasteiger charge is -1.41.